The van der Waals surface area contributed by atoms with Crippen molar-refractivity contribution in [2.75, 3.05) is 23.1 Å². The fourth-order valence-corrected chi connectivity index (χ4v) is 8.25. The normalized spacial score (nSPS) is 21.7. The van der Waals surface area contributed by atoms with Crippen LogP contribution in [0.1, 0.15) is 98.0 Å². The second kappa shape index (κ2) is 13.5. The summed E-state index contributed by atoms with van der Waals surface area (Å²) in [5.74, 6) is 0.208. The van der Waals surface area contributed by atoms with Gasteiger partial charge in [0.2, 0.25) is 10.0 Å². The van der Waals surface area contributed by atoms with Crippen LogP contribution in [0.3, 0.4) is 0 Å². The molecule has 2 aromatic rings. The van der Waals surface area contributed by atoms with Crippen molar-refractivity contribution in [2.24, 2.45) is 0 Å². The zero-order valence-electron chi connectivity index (χ0n) is 23.6. The van der Waals surface area contributed by atoms with Crippen molar-refractivity contribution >= 4 is 21.6 Å². The summed E-state index contributed by atoms with van der Waals surface area (Å²) in [6, 6.07) is 15.5. The lowest BCUT2D eigenvalue weighted by Crippen LogP contribution is -2.50. The molecule has 2 aliphatic carbocycles. The molecule has 1 amide bonds. The van der Waals surface area contributed by atoms with Gasteiger partial charge in [-0.15, -0.1) is 0 Å². The van der Waals surface area contributed by atoms with E-state index in [0.29, 0.717) is 49.1 Å². The fourth-order valence-electron chi connectivity index (χ4n) is 6.62. The number of carbonyl (C=O) groups excluding carboxylic acids is 1. The van der Waals surface area contributed by atoms with Crippen LogP contribution in [0.15, 0.2) is 48.5 Å². The molecule has 2 atom stereocenters. The summed E-state index contributed by atoms with van der Waals surface area (Å²) >= 11 is 0. The molecule has 1 heterocycles. The lowest BCUT2D eigenvalue weighted by molar-refractivity contribution is 0.0821. The van der Waals surface area contributed by atoms with E-state index in [1.54, 1.807) is 6.07 Å². The average molecular weight is 568 g/mol. The Kier molecular flexibility index (Phi) is 9.81. The van der Waals surface area contributed by atoms with Crippen molar-refractivity contribution in [1.29, 1.82) is 0 Å². The number of aliphatic hydroxyl groups excluding tert-OH is 1. The summed E-state index contributed by atoms with van der Waals surface area (Å²) < 4.78 is 27.4. The van der Waals surface area contributed by atoms with E-state index in [1.165, 1.54) is 23.6 Å². The first-order valence-electron chi connectivity index (χ1n) is 15.3. The summed E-state index contributed by atoms with van der Waals surface area (Å²) in [6.45, 7) is 0.863. The van der Waals surface area contributed by atoms with Crippen molar-refractivity contribution < 1.29 is 18.3 Å². The lowest BCUT2D eigenvalue weighted by Gasteiger charge is -2.30. The van der Waals surface area contributed by atoms with Gasteiger partial charge in [0.1, 0.15) is 0 Å². The third kappa shape index (κ3) is 7.45. The molecule has 5 rings (SSSR count). The van der Waals surface area contributed by atoms with E-state index in [0.717, 1.165) is 56.1 Å². The molecule has 218 valence electrons. The highest BCUT2D eigenvalue weighted by Gasteiger charge is 2.30. The molecule has 0 bridgehead atoms. The van der Waals surface area contributed by atoms with E-state index in [4.69, 9.17) is 0 Å². The zero-order valence-corrected chi connectivity index (χ0v) is 24.4. The standard InChI is InChI=1S/C32H45N3O4S/c36-31(23-33-28-15-5-2-6-16-28)30(19-24-11-3-1-4-12-24)34-32(37)27-20-26(25-13-7-8-14-25)21-29(22-27)35-17-9-10-18-40(35,38)39/h1,3-4,11-12,20-22,25,28,30-31,33,36H,2,5-10,13-19,23H2,(H,34,37)/t30-,31+/m0/s1. The number of hydrogen-bond donors (Lipinski definition) is 3. The van der Waals surface area contributed by atoms with E-state index in [1.807, 2.05) is 42.5 Å². The lowest BCUT2D eigenvalue weighted by atomic mass is 9.94. The maximum atomic E-state index is 13.8. The second-order valence-corrected chi connectivity index (χ2v) is 14.0. The monoisotopic (exact) mass is 567 g/mol. The number of nitrogens with zero attached hydrogens (tertiary/aromatic N) is 1. The minimum absolute atomic E-state index is 0.140. The maximum Gasteiger partial charge on any atom is 0.251 e. The molecule has 3 N–H and O–H groups in total. The quantitative estimate of drug-likeness (QED) is 0.379. The Morgan fingerprint density at radius 3 is 2.38 bits per heavy atom. The second-order valence-electron chi connectivity index (χ2n) is 12.0. The van der Waals surface area contributed by atoms with Gasteiger partial charge < -0.3 is 15.7 Å². The Labute approximate surface area is 239 Å². The number of rotatable bonds is 10. The first kappa shape index (κ1) is 29.1. The molecule has 8 heteroatoms. The van der Waals surface area contributed by atoms with Gasteiger partial charge in [-0.2, -0.15) is 0 Å². The Bertz CT molecular complexity index is 1220. The van der Waals surface area contributed by atoms with E-state index in [9.17, 15) is 18.3 Å². The summed E-state index contributed by atoms with van der Waals surface area (Å²) in [5.41, 5.74) is 3.14. The summed E-state index contributed by atoms with van der Waals surface area (Å²) in [5, 5.41) is 18.0. The third-order valence-corrected chi connectivity index (χ3v) is 10.8. The van der Waals surface area contributed by atoms with Crippen LogP contribution in [-0.4, -0.2) is 56.5 Å². The number of nitrogens with one attached hydrogen (secondary N) is 2. The number of carbonyl (C=O) groups is 1. The van der Waals surface area contributed by atoms with E-state index in [-0.39, 0.29) is 11.7 Å². The Morgan fingerprint density at radius 1 is 0.925 bits per heavy atom. The Balaban J connectivity index is 1.38. The maximum absolute atomic E-state index is 13.8. The molecule has 3 aliphatic rings. The summed E-state index contributed by atoms with van der Waals surface area (Å²) in [4.78, 5) is 13.8. The Morgan fingerprint density at radius 2 is 1.65 bits per heavy atom. The van der Waals surface area contributed by atoms with Crippen molar-refractivity contribution in [1.82, 2.24) is 10.6 Å². The Hall–Kier alpha value is -2.42. The molecule has 7 nitrogen and oxygen atoms in total. The van der Waals surface area contributed by atoms with Gasteiger partial charge in [-0.3, -0.25) is 9.10 Å². The van der Waals surface area contributed by atoms with Gasteiger partial charge in [0, 0.05) is 24.7 Å². The van der Waals surface area contributed by atoms with Crippen LogP contribution in [0, 0.1) is 0 Å². The van der Waals surface area contributed by atoms with Crippen molar-refractivity contribution in [3.05, 3.63) is 65.2 Å². The first-order chi connectivity index (χ1) is 19.4. The molecule has 0 radical (unpaired) electrons. The minimum atomic E-state index is -3.40. The van der Waals surface area contributed by atoms with Crippen LogP contribution in [0.25, 0.3) is 0 Å². The predicted molar refractivity (Wildman–Crippen MR) is 160 cm³/mol. The number of anilines is 1. The highest BCUT2D eigenvalue weighted by atomic mass is 32.2. The van der Waals surface area contributed by atoms with Gasteiger partial charge in [-0.25, -0.2) is 8.42 Å². The fraction of sp³-hybridized carbons (Fsp3) is 0.594. The predicted octanol–water partition coefficient (Wildman–Crippen LogP) is 4.90. The van der Waals surface area contributed by atoms with Crippen LogP contribution in [0.5, 0.6) is 0 Å². The van der Waals surface area contributed by atoms with E-state index < -0.39 is 22.2 Å². The molecule has 2 aromatic carbocycles. The highest BCUT2D eigenvalue weighted by molar-refractivity contribution is 7.92. The molecule has 2 saturated carbocycles. The number of aliphatic hydroxyl groups is 1. The summed E-state index contributed by atoms with van der Waals surface area (Å²) in [7, 11) is -3.40. The molecule has 0 aromatic heterocycles. The highest BCUT2D eigenvalue weighted by Crippen LogP contribution is 2.37. The van der Waals surface area contributed by atoms with Crippen molar-refractivity contribution in [2.45, 2.75) is 101 Å². The number of amides is 1. The van der Waals surface area contributed by atoms with Crippen LogP contribution in [-0.2, 0) is 16.4 Å². The van der Waals surface area contributed by atoms with Gasteiger partial charge in [0.25, 0.3) is 5.91 Å². The zero-order chi connectivity index (χ0) is 28.0. The van der Waals surface area contributed by atoms with Crippen LogP contribution in [0.4, 0.5) is 5.69 Å². The van der Waals surface area contributed by atoms with Crippen LogP contribution in [0.2, 0.25) is 0 Å². The van der Waals surface area contributed by atoms with Gasteiger partial charge in [-0.1, -0.05) is 62.4 Å². The molecular weight excluding hydrogens is 522 g/mol. The molecule has 0 spiro atoms. The topological polar surface area (TPSA) is 98.7 Å². The largest absolute Gasteiger partial charge is 0.390 e. The van der Waals surface area contributed by atoms with Crippen molar-refractivity contribution in [3.63, 3.8) is 0 Å². The molecule has 3 fully saturated rings. The summed E-state index contributed by atoms with van der Waals surface area (Å²) in [6.07, 6.45) is 11.6. The molecular formula is C32H45N3O4S. The first-order valence-corrected chi connectivity index (χ1v) is 16.9. The average Bonchev–Trinajstić information content (AvgIpc) is 3.51. The number of sulfonamides is 1. The number of benzene rings is 2. The van der Waals surface area contributed by atoms with Gasteiger partial charge in [0.05, 0.1) is 23.6 Å². The van der Waals surface area contributed by atoms with E-state index >= 15 is 0 Å². The molecule has 1 saturated heterocycles. The van der Waals surface area contributed by atoms with Crippen LogP contribution < -0.4 is 14.9 Å². The van der Waals surface area contributed by atoms with E-state index in [2.05, 4.69) is 10.6 Å². The van der Waals surface area contributed by atoms with Crippen LogP contribution >= 0.6 is 0 Å². The third-order valence-electron chi connectivity index (χ3n) is 8.97. The smallest absolute Gasteiger partial charge is 0.251 e. The minimum Gasteiger partial charge on any atom is -0.390 e. The van der Waals surface area contributed by atoms with Gasteiger partial charge >= 0.3 is 0 Å². The number of hydrogen-bond acceptors (Lipinski definition) is 5. The molecule has 0 unspecified atom stereocenters. The molecule has 1 aliphatic heterocycles. The van der Waals surface area contributed by atoms with Crippen molar-refractivity contribution in [3.8, 4) is 0 Å². The SMILES string of the molecule is O=C(N[C@@H](Cc1ccccc1)[C@H](O)CNC1CCCCC1)c1cc(C2CCCC2)cc(N2CCCCS2(=O)=O)c1. The molecule has 40 heavy (non-hydrogen) atoms. The van der Waals surface area contributed by atoms with Gasteiger partial charge in [0.15, 0.2) is 0 Å². The van der Waals surface area contributed by atoms with Gasteiger partial charge in [-0.05, 0) is 80.2 Å².